The average Bonchev–Trinajstić information content (AvgIpc) is 2.76. The lowest BCUT2D eigenvalue weighted by molar-refractivity contribution is -0.120. The van der Waals surface area contributed by atoms with Gasteiger partial charge in [0.1, 0.15) is 11.4 Å². The van der Waals surface area contributed by atoms with E-state index in [1.165, 1.54) is 0 Å². The molecule has 1 heterocycles. The summed E-state index contributed by atoms with van der Waals surface area (Å²) in [6.07, 6.45) is 0.466. The minimum atomic E-state index is -0.592. The van der Waals surface area contributed by atoms with Crippen LogP contribution in [0.3, 0.4) is 0 Å². The van der Waals surface area contributed by atoms with Crippen molar-refractivity contribution in [2.45, 2.75) is 52.6 Å². The normalized spacial score (nSPS) is 13.7. The molecule has 1 rings (SSSR count). The van der Waals surface area contributed by atoms with Gasteiger partial charge in [-0.1, -0.05) is 12.1 Å². The van der Waals surface area contributed by atoms with Crippen LogP contribution >= 0.6 is 0 Å². The molecule has 0 aromatic carbocycles. The Morgan fingerprint density at radius 2 is 2.12 bits per heavy atom. The van der Waals surface area contributed by atoms with Gasteiger partial charge in [-0.2, -0.15) is 4.98 Å². The van der Waals surface area contributed by atoms with Crippen LogP contribution in [-0.4, -0.2) is 22.5 Å². The highest BCUT2D eigenvalue weighted by Crippen LogP contribution is 2.24. The van der Waals surface area contributed by atoms with E-state index in [0.717, 1.165) is 0 Å². The first-order valence-corrected chi connectivity index (χ1v) is 5.93. The zero-order valence-corrected chi connectivity index (χ0v) is 11.1. The molecule has 5 nitrogen and oxygen atoms in total. The highest BCUT2D eigenvalue weighted by atomic mass is 16.5. The minimum absolute atomic E-state index is 0.0921. The van der Waals surface area contributed by atoms with Crippen molar-refractivity contribution in [2.75, 3.05) is 6.61 Å². The number of carbonyl (C=O) groups excluding carboxylic acids is 1. The molecule has 17 heavy (non-hydrogen) atoms. The molecule has 0 saturated carbocycles. The van der Waals surface area contributed by atoms with Crippen LogP contribution in [-0.2, 0) is 15.1 Å². The molecule has 0 aliphatic heterocycles. The van der Waals surface area contributed by atoms with Crippen LogP contribution in [0.15, 0.2) is 4.52 Å². The van der Waals surface area contributed by atoms with Gasteiger partial charge in [0.25, 0.3) is 0 Å². The third-order valence-electron chi connectivity index (χ3n) is 2.69. The predicted octanol–water partition coefficient (Wildman–Crippen LogP) is 2.42. The van der Waals surface area contributed by atoms with Gasteiger partial charge in [-0.15, -0.1) is 0 Å². The summed E-state index contributed by atoms with van der Waals surface area (Å²) in [6.45, 7) is 9.82. The summed E-state index contributed by atoms with van der Waals surface area (Å²) >= 11 is 0. The molecule has 1 aromatic heterocycles. The Morgan fingerprint density at radius 1 is 1.47 bits per heavy atom. The second-order valence-corrected chi connectivity index (χ2v) is 4.44. The van der Waals surface area contributed by atoms with Crippen LogP contribution in [0.1, 0.15) is 58.7 Å². The highest BCUT2D eigenvalue weighted by Gasteiger charge is 2.29. The second-order valence-electron chi connectivity index (χ2n) is 4.44. The van der Waals surface area contributed by atoms with E-state index in [4.69, 9.17) is 9.26 Å². The van der Waals surface area contributed by atoms with Gasteiger partial charge in [0.05, 0.1) is 5.92 Å². The van der Waals surface area contributed by atoms with Gasteiger partial charge in [0.2, 0.25) is 11.7 Å². The Morgan fingerprint density at radius 3 is 2.65 bits per heavy atom. The van der Waals surface area contributed by atoms with Crippen LogP contribution in [0.4, 0.5) is 0 Å². The Balaban J connectivity index is 2.88. The fourth-order valence-corrected chi connectivity index (χ4v) is 1.52. The molecule has 0 saturated heterocycles. The monoisotopic (exact) mass is 240 g/mol. The Labute approximate surface area is 102 Å². The summed E-state index contributed by atoms with van der Waals surface area (Å²) in [4.78, 5) is 15.8. The van der Waals surface area contributed by atoms with Gasteiger partial charge in [-0.05, 0) is 27.7 Å². The molecule has 1 unspecified atom stereocenters. The first kappa shape index (κ1) is 13.8. The van der Waals surface area contributed by atoms with E-state index >= 15 is 0 Å². The van der Waals surface area contributed by atoms with Crippen molar-refractivity contribution in [3.63, 3.8) is 0 Å². The third-order valence-corrected chi connectivity index (χ3v) is 2.69. The summed E-state index contributed by atoms with van der Waals surface area (Å²) in [5.74, 6) is 0.581. The molecule has 0 fully saturated rings. The molecule has 0 aliphatic rings. The number of carbonyl (C=O) groups is 1. The van der Waals surface area contributed by atoms with Crippen LogP contribution in [0.25, 0.3) is 0 Å². The minimum Gasteiger partial charge on any atom is -0.368 e. The summed E-state index contributed by atoms with van der Waals surface area (Å²) in [6, 6.07) is 0. The quantitative estimate of drug-likeness (QED) is 0.764. The van der Waals surface area contributed by atoms with Crippen LogP contribution in [0.5, 0.6) is 0 Å². The molecular weight excluding hydrogens is 220 g/mol. The molecular formula is C12H20N2O3. The number of hydrogen-bond donors (Lipinski definition) is 0. The van der Waals surface area contributed by atoms with Crippen molar-refractivity contribution in [3.8, 4) is 0 Å². The maximum atomic E-state index is 11.5. The van der Waals surface area contributed by atoms with E-state index in [9.17, 15) is 4.79 Å². The van der Waals surface area contributed by atoms with Gasteiger partial charge in [0, 0.05) is 13.0 Å². The lowest BCUT2D eigenvalue weighted by Gasteiger charge is -2.19. The van der Waals surface area contributed by atoms with Gasteiger partial charge < -0.3 is 9.26 Å². The molecule has 5 heteroatoms. The number of ketones is 1. The topological polar surface area (TPSA) is 65.2 Å². The second kappa shape index (κ2) is 5.40. The lowest BCUT2D eigenvalue weighted by atomic mass is 10.0. The number of rotatable bonds is 6. The zero-order valence-electron chi connectivity index (χ0n) is 11.1. The molecule has 0 bridgehead atoms. The maximum absolute atomic E-state index is 11.5. The van der Waals surface area contributed by atoms with E-state index in [-0.39, 0.29) is 11.7 Å². The first-order valence-electron chi connectivity index (χ1n) is 5.93. The van der Waals surface area contributed by atoms with E-state index in [1.54, 1.807) is 6.92 Å². The van der Waals surface area contributed by atoms with E-state index in [2.05, 4.69) is 10.1 Å². The van der Waals surface area contributed by atoms with Gasteiger partial charge in [0.15, 0.2) is 0 Å². The van der Waals surface area contributed by atoms with Crippen molar-refractivity contribution < 1.29 is 14.1 Å². The van der Waals surface area contributed by atoms with Crippen molar-refractivity contribution in [1.29, 1.82) is 0 Å². The van der Waals surface area contributed by atoms with Crippen molar-refractivity contribution >= 4 is 5.78 Å². The van der Waals surface area contributed by atoms with Crippen LogP contribution in [0.2, 0.25) is 0 Å². The average molecular weight is 240 g/mol. The van der Waals surface area contributed by atoms with E-state index < -0.39 is 5.60 Å². The number of nitrogens with zero attached hydrogens (tertiary/aromatic N) is 2. The molecule has 96 valence electrons. The number of ether oxygens (including phenoxy) is 1. The molecule has 0 radical (unpaired) electrons. The highest BCUT2D eigenvalue weighted by molar-refractivity contribution is 5.83. The first-order chi connectivity index (χ1) is 7.92. The summed E-state index contributed by atoms with van der Waals surface area (Å²) in [5, 5.41) is 3.88. The van der Waals surface area contributed by atoms with Crippen molar-refractivity contribution in [1.82, 2.24) is 10.1 Å². The largest absolute Gasteiger partial charge is 0.368 e. The standard InChI is InChI=1S/C12H20N2O3/c1-6-9(15)8(3)10-13-11(14-17-10)12(4,5)16-7-2/h8H,6-7H2,1-5H3. The smallest absolute Gasteiger partial charge is 0.237 e. The summed E-state index contributed by atoms with van der Waals surface area (Å²) in [7, 11) is 0. The molecule has 0 amide bonds. The molecule has 0 N–H and O–H groups in total. The maximum Gasteiger partial charge on any atom is 0.237 e. The SMILES string of the molecule is CCOC(C)(C)c1noc(C(C)C(=O)CC)n1. The van der Waals surface area contributed by atoms with Gasteiger partial charge in [-0.25, -0.2) is 0 Å². The molecule has 0 spiro atoms. The molecule has 1 aromatic rings. The van der Waals surface area contributed by atoms with Gasteiger partial charge >= 0.3 is 0 Å². The van der Waals surface area contributed by atoms with Crippen LogP contribution < -0.4 is 0 Å². The van der Waals surface area contributed by atoms with E-state index in [0.29, 0.717) is 24.7 Å². The Kier molecular flexibility index (Phi) is 4.40. The Bertz CT molecular complexity index is 385. The van der Waals surface area contributed by atoms with Gasteiger partial charge in [-0.3, -0.25) is 4.79 Å². The summed E-state index contributed by atoms with van der Waals surface area (Å²) < 4.78 is 10.6. The number of aromatic nitrogens is 2. The summed E-state index contributed by atoms with van der Waals surface area (Å²) in [5.41, 5.74) is -0.592. The van der Waals surface area contributed by atoms with Crippen molar-refractivity contribution in [3.05, 3.63) is 11.7 Å². The Hall–Kier alpha value is -1.23. The molecule has 0 aliphatic carbocycles. The lowest BCUT2D eigenvalue weighted by Crippen LogP contribution is -2.23. The fourth-order valence-electron chi connectivity index (χ4n) is 1.52. The molecule has 1 atom stereocenters. The zero-order chi connectivity index (χ0) is 13.1. The number of Topliss-reactive ketones (excluding diaryl/α,β-unsaturated/α-hetero) is 1. The number of hydrogen-bond acceptors (Lipinski definition) is 5. The third kappa shape index (κ3) is 3.12. The predicted molar refractivity (Wildman–Crippen MR) is 62.7 cm³/mol. The van der Waals surface area contributed by atoms with Crippen molar-refractivity contribution in [2.24, 2.45) is 0 Å². The van der Waals surface area contributed by atoms with E-state index in [1.807, 2.05) is 27.7 Å². The fraction of sp³-hybridized carbons (Fsp3) is 0.750. The van der Waals surface area contributed by atoms with Crippen LogP contribution in [0, 0.1) is 0 Å².